The van der Waals surface area contributed by atoms with Crippen LogP contribution in [-0.4, -0.2) is 30.9 Å². The number of nitrogens with zero attached hydrogens (tertiary/aromatic N) is 2. The van der Waals surface area contributed by atoms with E-state index in [1.165, 1.54) is 11.3 Å². The van der Waals surface area contributed by atoms with Gasteiger partial charge in [-0.05, 0) is 46.6 Å². The summed E-state index contributed by atoms with van der Waals surface area (Å²) >= 11 is 4.79. The van der Waals surface area contributed by atoms with Gasteiger partial charge in [-0.15, -0.1) is 0 Å². The van der Waals surface area contributed by atoms with Gasteiger partial charge in [0.2, 0.25) is 5.13 Å². The SMILES string of the molecule is CCOC(=O)Cc1cnc(N/N=C/c2ccc(OC)c(Br)c2)s1. The largest absolute Gasteiger partial charge is 0.496 e. The second kappa shape index (κ2) is 8.64. The van der Waals surface area contributed by atoms with E-state index in [4.69, 9.17) is 9.47 Å². The number of carbonyl (C=O) groups is 1. The summed E-state index contributed by atoms with van der Waals surface area (Å²) in [4.78, 5) is 16.4. The number of benzene rings is 1. The van der Waals surface area contributed by atoms with E-state index < -0.39 is 0 Å². The van der Waals surface area contributed by atoms with Crippen molar-refractivity contribution in [2.75, 3.05) is 19.1 Å². The fourth-order valence-electron chi connectivity index (χ4n) is 1.72. The molecule has 1 aromatic heterocycles. The molecule has 0 unspecified atom stereocenters. The van der Waals surface area contributed by atoms with Crippen molar-refractivity contribution in [3.63, 3.8) is 0 Å². The number of nitrogens with one attached hydrogen (secondary N) is 1. The summed E-state index contributed by atoms with van der Waals surface area (Å²) in [6.07, 6.45) is 3.54. The molecule has 6 nitrogen and oxygen atoms in total. The van der Waals surface area contributed by atoms with Crippen LogP contribution in [0.2, 0.25) is 0 Å². The molecule has 0 fully saturated rings. The first-order valence-corrected chi connectivity index (χ1v) is 8.46. The minimum Gasteiger partial charge on any atom is -0.496 e. The number of aromatic nitrogens is 1. The maximum absolute atomic E-state index is 11.4. The van der Waals surface area contributed by atoms with E-state index in [0.29, 0.717) is 11.7 Å². The van der Waals surface area contributed by atoms with E-state index in [1.54, 1.807) is 26.4 Å². The van der Waals surface area contributed by atoms with Crippen LogP contribution in [0.5, 0.6) is 5.75 Å². The second-order valence-corrected chi connectivity index (χ2v) is 6.35. The number of anilines is 1. The average molecular weight is 398 g/mol. The summed E-state index contributed by atoms with van der Waals surface area (Å²) in [7, 11) is 1.62. The highest BCUT2D eigenvalue weighted by atomic mass is 79.9. The normalized spacial score (nSPS) is 10.7. The molecule has 1 N–H and O–H groups in total. The van der Waals surface area contributed by atoms with Gasteiger partial charge in [-0.2, -0.15) is 5.10 Å². The summed E-state index contributed by atoms with van der Waals surface area (Å²) in [6.45, 7) is 2.16. The maximum atomic E-state index is 11.4. The lowest BCUT2D eigenvalue weighted by Gasteiger charge is -2.03. The summed E-state index contributed by atoms with van der Waals surface area (Å²) < 4.78 is 10.9. The molecule has 8 heteroatoms. The fraction of sp³-hybridized carbons (Fsp3) is 0.267. The second-order valence-electron chi connectivity index (χ2n) is 4.38. The third-order valence-electron chi connectivity index (χ3n) is 2.73. The van der Waals surface area contributed by atoms with Gasteiger partial charge < -0.3 is 9.47 Å². The summed E-state index contributed by atoms with van der Waals surface area (Å²) in [5, 5.41) is 4.75. The zero-order chi connectivity index (χ0) is 16.7. The molecule has 2 rings (SSSR count). The number of hydrogen-bond acceptors (Lipinski definition) is 7. The molecule has 0 bridgehead atoms. The van der Waals surface area contributed by atoms with Crippen LogP contribution in [-0.2, 0) is 16.0 Å². The molecule has 23 heavy (non-hydrogen) atoms. The van der Waals surface area contributed by atoms with Crippen LogP contribution in [0.4, 0.5) is 5.13 Å². The third-order valence-corrected chi connectivity index (χ3v) is 4.25. The number of rotatable bonds is 7. The van der Waals surface area contributed by atoms with Gasteiger partial charge in [-0.25, -0.2) is 4.98 Å². The van der Waals surface area contributed by atoms with Crippen molar-refractivity contribution in [2.24, 2.45) is 5.10 Å². The molecular weight excluding hydrogens is 382 g/mol. The summed E-state index contributed by atoms with van der Waals surface area (Å²) in [6, 6.07) is 5.65. The Hall–Kier alpha value is -1.93. The van der Waals surface area contributed by atoms with Crippen LogP contribution >= 0.6 is 27.3 Å². The van der Waals surface area contributed by atoms with Crippen LogP contribution in [0.25, 0.3) is 0 Å². The van der Waals surface area contributed by atoms with Crippen molar-refractivity contribution < 1.29 is 14.3 Å². The molecule has 0 saturated carbocycles. The van der Waals surface area contributed by atoms with Crippen LogP contribution in [0.1, 0.15) is 17.4 Å². The molecule has 0 radical (unpaired) electrons. The van der Waals surface area contributed by atoms with Gasteiger partial charge in [-0.1, -0.05) is 11.3 Å². The van der Waals surface area contributed by atoms with Crippen molar-refractivity contribution in [1.29, 1.82) is 0 Å². The van der Waals surface area contributed by atoms with E-state index in [0.717, 1.165) is 20.7 Å². The molecule has 0 saturated heterocycles. The Balaban J connectivity index is 1.92. The first kappa shape index (κ1) is 17.4. The van der Waals surface area contributed by atoms with Crippen LogP contribution in [0.3, 0.4) is 0 Å². The van der Waals surface area contributed by atoms with E-state index in [1.807, 2.05) is 18.2 Å². The molecular formula is C15H16BrN3O3S. The first-order chi connectivity index (χ1) is 11.1. The molecule has 2 aromatic rings. The minimum atomic E-state index is -0.255. The van der Waals surface area contributed by atoms with Crippen LogP contribution in [0.15, 0.2) is 34.0 Å². The molecule has 0 amide bonds. The van der Waals surface area contributed by atoms with Gasteiger partial charge in [0.15, 0.2) is 0 Å². The molecule has 122 valence electrons. The molecule has 0 aliphatic carbocycles. The number of methoxy groups -OCH3 is 1. The van der Waals surface area contributed by atoms with Crippen molar-refractivity contribution >= 4 is 44.6 Å². The average Bonchev–Trinajstić information content (AvgIpc) is 2.95. The molecule has 0 atom stereocenters. The highest BCUT2D eigenvalue weighted by Crippen LogP contribution is 2.25. The van der Waals surface area contributed by atoms with E-state index >= 15 is 0 Å². The van der Waals surface area contributed by atoms with Gasteiger partial charge in [0.25, 0.3) is 0 Å². The highest BCUT2D eigenvalue weighted by Gasteiger charge is 2.07. The van der Waals surface area contributed by atoms with Gasteiger partial charge in [-0.3, -0.25) is 10.2 Å². The Kier molecular flexibility index (Phi) is 6.54. The van der Waals surface area contributed by atoms with Crippen molar-refractivity contribution in [3.05, 3.63) is 39.3 Å². The zero-order valence-corrected chi connectivity index (χ0v) is 15.1. The Morgan fingerprint density at radius 3 is 3.04 bits per heavy atom. The van der Waals surface area contributed by atoms with Gasteiger partial charge in [0.05, 0.1) is 30.8 Å². The maximum Gasteiger partial charge on any atom is 0.311 e. The molecule has 1 heterocycles. The van der Waals surface area contributed by atoms with Crippen LogP contribution in [0, 0.1) is 0 Å². The quantitative estimate of drug-likeness (QED) is 0.439. The fourth-order valence-corrected chi connectivity index (χ4v) is 3.03. The minimum absolute atomic E-state index is 0.225. The highest BCUT2D eigenvalue weighted by molar-refractivity contribution is 9.10. The van der Waals surface area contributed by atoms with Crippen LogP contribution < -0.4 is 10.2 Å². The number of hydrazone groups is 1. The number of carbonyl (C=O) groups excluding carboxylic acids is 1. The first-order valence-electron chi connectivity index (χ1n) is 6.85. The number of esters is 1. The lowest BCUT2D eigenvalue weighted by Crippen LogP contribution is -2.06. The van der Waals surface area contributed by atoms with Crippen molar-refractivity contribution in [3.8, 4) is 5.75 Å². The Morgan fingerprint density at radius 1 is 1.52 bits per heavy atom. The number of ether oxygens (including phenoxy) is 2. The third kappa shape index (κ3) is 5.33. The van der Waals surface area contributed by atoms with E-state index in [9.17, 15) is 4.79 Å². The topological polar surface area (TPSA) is 72.8 Å². The summed E-state index contributed by atoms with van der Waals surface area (Å²) in [5.41, 5.74) is 3.76. The standard InChI is InChI=1S/C15H16BrN3O3S/c1-3-22-14(20)7-11-9-17-15(23-11)19-18-8-10-4-5-13(21-2)12(16)6-10/h4-6,8-9H,3,7H2,1-2H3,(H,17,19)/b18-8+. The number of hydrogen-bond donors (Lipinski definition) is 1. The predicted octanol–water partition coefficient (Wildman–Crippen LogP) is 3.47. The Bertz CT molecular complexity index is 703. The monoisotopic (exact) mass is 397 g/mol. The zero-order valence-electron chi connectivity index (χ0n) is 12.7. The Labute approximate surface area is 146 Å². The lowest BCUT2D eigenvalue weighted by molar-refractivity contribution is -0.142. The van der Waals surface area contributed by atoms with E-state index in [-0.39, 0.29) is 12.4 Å². The molecule has 0 spiro atoms. The molecule has 0 aliphatic heterocycles. The smallest absolute Gasteiger partial charge is 0.311 e. The molecule has 0 aliphatic rings. The molecule has 1 aromatic carbocycles. The predicted molar refractivity (Wildman–Crippen MR) is 94.4 cm³/mol. The van der Waals surface area contributed by atoms with Crippen molar-refractivity contribution in [2.45, 2.75) is 13.3 Å². The van der Waals surface area contributed by atoms with Gasteiger partial charge in [0.1, 0.15) is 5.75 Å². The van der Waals surface area contributed by atoms with E-state index in [2.05, 4.69) is 31.4 Å². The lowest BCUT2D eigenvalue weighted by atomic mass is 10.2. The van der Waals surface area contributed by atoms with Gasteiger partial charge in [0, 0.05) is 11.1 Å². The van der Waals surface area contributed by atoms with Gasteiger partial charge >= 0.3 is 5.97 Å². The number of halogens is 1. The number of thiazole rings is 1. The van der Waals surface area contributed by atoms with Crippen molar-refractivity contribution in [1.82, 2.24) is 4.98 Å². The Morgan fingerprint density at radius 2 is 2.35 bits per heavy atom. The summed E-state index contributed by atoms with van der Waals surface area (Å²) in [5.74, 6) is 0.507.